The van der Waals surface area contributed by atoms with Gasteiger partial charge in [0.2, 0.25) is 21.8 Å². The van der Waals surface area contributed by atoms with Crippen molar-refractivity contribution in [2.45, 2.75) is 58.3 Å². The van der Waals surface area contributed by atoms with Gasteiger partial charge in [-0.05, 0) is 55.7 Å². The number of sulfonamides is 1. The van der Waals surface area contributed by atoms with Crippen molar-refractivity contribution in [3.63, 3.8) is 0 Å². The fraction of sp³-hybridized carbons (Fsp3) is 0.481. The molecule has 2 amide bonds. The van der Waals surface area contributed by atoms with Crippen molar-refractivity contribution in [1.82, 2.24) is 10.2 Å². The Morgan fingerprint density at radius 3 is 2.38 bits per heavy atom. The summed E-state index contributed by atoms with van der Waals surface area (Å²) in [5, 5.41) is 2.82. The zero-order chi connectivity index (χ0) is 29.2. The molecule has 1 N–H and O–H groups in total. The van der Waals surface area contributed by atoms with Gasteiger partial charge in [0, 0.05) is 26.1 Å². The standard InChI is InChI=1S/C27H36F3N3O5S/c1-5-6-15-31-26(35)20(2)32(19-21-10-7-13-24(17-21)38-3)25(34)14-9-16-33(39(4,36)37)23-12-8-11-22(18-23)27(28,29)30/h7-8,10-13,17-18,20H,5-6,9,14-16,19H2,1-4H3,(H,31,35). The van der Waals surface area contributed by atoms with Crippen LogP contribution in [-0.4, -0.2) is 57.6 Å². The fourth-order valence-electron chi connectivity index (χ4n) is 3.93. The molecule has 0 fully saturated rings. The third-order valence-electron chi connectivity index (χ3n) is 6.10. The van der Waals surface area contributed by atoms with Crippen LogP contribution in [0.2, 0.25) is 0 Å². The van der Waals surface area contributed by atoms with Gasteiger partial charge >= 0.3 is 6.18 Å². The molecule has 0 aliphatic rings. The van der Waals surface area contributed by atoms with E-state index in [1.54, 1.807) is 31.2 Å². The van der Waals surface area contributed by atoms with Crippen LogP contribution in [-0.2, 0) is 32.3 Å². The first-order valence-corrected chi connectivity index (χ1v) is 14.5. The van der Waals surface area contributed by atoms with Crippen molar-refractivity contribution < 1.29 is 35.9 Å². The lowest BCUT2D eigenvalue weighted by Crippen LogP contribution is -2.48. The third-order valence-corrected chi connectivity index (χ3v) is 7.29. The molecular formula is C27H36F3N3O5S. The van der Waals surface area contributed by atoms with E-state index in [4.69, 9.17) is 4.74 Å². The lowest BCUT2D eigenvalue weighted by Gasteiger charge is -2.29. The van der Waals surface area contributed by atoms with Crippen LogP contribution >= 0.6 is 0 Å². The zero-order valence-corrected chi connectivity index (χ0v) is 23.4. The van der Waals surface area contributed by atoms with E-state index < -0.39 is 33.7 Å². The topological polar surface area (TPSA) is 96.0 Å². The summed E-state index contributed by atoms with van der Waals surface area (Å²) in [5.74, 6) is -0.125. The second-order valence-corrected chi connectivity index (χ2v) is 11.1. The summed E-state index contributed by atoms with van der Waals surface area (Å²) >= 11 is 0. The third kappa shape index (κ3) is 9.76. The number of rotatable bonds is 14. The minimum Gasteiger partial charge on any atom is -0.497 e. The molecular weight excluding hydrogens is 535 g/mol. The Labute approximate surface area is 228 Å². The molecule has 0 saturated heterocycles. The monoisotopic (exact) mass is 571 g/mol. The van der Waals surface area contributed by atoms with Gasteiger partial charge in [0.05, 0.1) is 24.6 Å². The number of nitrogens with zero attached hydrogens (tertiary/aromatic N) is 2. The molecule has 0 aliphatic carbocycles. The Bertz CT molecular complexity index is 1220. The van der Waals surface area contributed by atoms with Crippen LogP contribution in [0, 0.1) is 0 Å². The summed E-state index contributed by atoms with van der Waals surface area (Å²) in [4.78, 5) is 27.5. The maximum Gasteiger partial charge on any atom is 0.416 e. The first-order chi connectivity index (χ1) is 18.3. The Kier molecular flexibility index (Phi) is 11.6. The van der Waals surface area contributed by atoms with Crippen molar-refractivity contribution >= 4 is 27.5 Å². The molecule has 1 unspecified atom stereocenters. The van der Waals surface area contributed by atoms with Crippen LogP contribution < -0.4 is 14.4 Å². The van der Waals surface area contributed by atoms with Gasteiger partial charge < -0.3 is 15.0 Å². The van der Waals surface area contributed by atoms with Crippen molar-refractivity contribution in [3.05, 3.63) is 59.7 Å². The summed E-state index contributed by atoms with van der Waals surface area (Å²) in [5.41, 5.74) is -0.383. The maximum atomic E-state index is 13.3. The molecule has 2 aromatic carbocycles. The second kappa shape index (κ2) is 14.2. The van der Waals surface area contributed by atoms with Gasteiger partial charge in [-0.15, -0.1) is 0 Å². The zero-order valence-electron chi connectivity index (χ0n) is 22.6. The Balaban J connectivity index is 2.21. The molecule has 0 aromatic heterocycles. The van der Waals surface area contributed by atoms with Crippen LogP contribution in [0.3, 0.4) is 0 Å². The van der Waals surface area contributed by atoms with Crippen molar-refractivity contribution in [2.75, 3.05) is 30.8 Å². The summed E-state index contributed by atoms with van der Waals surface area (Å²) < 4.78 is 70.5. The molecule has 12 heteroatoms. The van der Waals surface area contributed by atoms with E-state index in [1.807, 2.05) is 6.92 Å². The number of carbonyl (C=O) groups excluding carboxylic acids is 2. The highest BCUT2D eigenvalue weighted by atomic mass is 32.2. The largest absolute Gasteiger partial charge is 0.497 e. The predicted octanol–water partition coefficient (Wildman–Crippen LogP) is 4.59. The van der Waals surface area contributed by atoms with E-state index in [1.165, 1.54) is 18.1 Å². The highest BCUT2D eigenvalue weighted by Crippen LogP contribution is 2.32. The Morgan fingerprint density at radius 1 is 1.08 bits per heavy atom. The maximum absolute atomic E-state index is 13.3. The van der Waals surface area contributed by atoms with E-state index in [9.17, 15) is 31.2 Å². The molecule has 0 bridgehead atoms. The number of carbonyl (C=O) groups is 2. The number of unbranched alkanes of at least 4 members (excludes halogenated alkanes) is 1. The minimum absolute atomic E-state index is 0.0287. The number of halogens is 3. The molecule has 0 radical (unpaired) electrons. The number of methoxy groups -OCH3 is 1. The van der Waals surface area contributed by atoms with E-state index in [2.05, 4.69) is 5.32 Å². The number of nitrogens with one attached hydrogen (secondary N) is 1. The Hall–Kier alpha value is -3.28. The average molecular weight is 572 g/mol. The second-order valence-electron chi connectivity index (χ2n) is 9.18. The van der Waals surface area contributed by atoms with Crippen LogP contribution in [0.1, 0.15) is 50.7 Å². The van der Waals surface area contributed by atoms with E-state index in [-0.39, 0.29) is 37.5 Å². The molecule has 0 spiro atoms. The number of ether oxygens (including phenoxy) is 1. The van der Waals surface area contributed by atoms with Gasteiger partial charge in [-0.3, -0.25) is 13.9 Å². The first kappa shape index (κ1) is 31.9. The number of hydrogen-bond donors (Lipinski definition) is 1. The summed E-state index contributed by atoms with van der Waals surface area (Å²) in [6.07, 6.45) is -2.15. The van der Waals surface area contributed by atoms with Gasteiger partial charge in [0.1, 0.15) is 11.8 Å². The molecule has 2 aromatic rings. The number of benzene rings is 2. The van der Waals surface area contributed by atoms with Crippen molar-refractivity contribution in [3.8, 4) is 5.75 Å². The van der Waals surface area contributed by atoms with E-state index in [0.29, 0.717) is 12.3 Å². The quantitative estimate of drug-likeness (QED) is 0.335. The molecule has 0 saturated carbocycles. The molecule has 0 heterocycles. The number of amides is 2. The normalized spacial score (nSPS) is 12.5. The summed E-state index contributed by atoms with van der Waals surface area (Å²) in [6, 6.07) is 10.3. The van der Waals surface area contributed by atoms with Crippen LogP contribution in [0.25, 0.3) is 0 Å². The minimum atomic E-state index is -4.64. The highest BCUT2D eigenvalue weighted by molar-refractivity contribution is 7.92. The molecule has 0 aliphatic heterocycles. The number of hydrogen-bond acceptors (Lipinski definition) is 5. The van der Waals surface area contributed by atoms with Gasteiger partial charge in [-0.25, -0.2) is 8.42 Å². The lowest BCUT2D eigenvalue weighted by atomic mass is 10.1. The summed E-state index contributed by atoms with van der Waals surface area (Å²) in [6.45, 7) is 3.98. The van der Waals surface area contributed by atoms with Gasteiger partial charge in [-0.2, -0.15) is 13.2 Å². The van der Waals surface area contributed by atoms with Crippen molar-refractivity contribution in [2.24, 2.45) is 0 Å². The van der Waals surface area contributed by atoms with Crippen LogP contribution in [0.15, 0.2) is 48.5 Å². The van der Waals surface area contributed by atoms with Crippen molar-refractivity contribution in [1.29, 1.82) is 0 Å². The molecule has 2 rings (SSSR count). The summed E-state index contributed by atoms with van der Waals surface area (Å²) in [7, 11) is -2.42. The average Bonchev–Trinajstić information content (AvgIpc) is 2.88. The predicted molar refractivity (Wildman–Crippen MR) is 144 cm³/mol. The number of alkyl halides is 3. The molecule has 39 heavy (non-hydrogen) atoms. The fourth-order valence-corrected chi connectivity index (χ4v) is 4.88. The van der Waals surface area contributed by atoms with Gasteiger partial charge in [0.15, 0.2) is 0 Å². The van der Waals surface area contributed by atoms with E-state index >= 15 is 0 Å². The first-order valence-electron chi connectivity index (χ1n) is 12.6. The lowest BCUT2D eigenvalue weighted by molar-refractivity contribution is -0.140. The Morgan fingerprint density at radius 2 is 1.77 bits per heavy atom. The number of anilines is 1. The van der Waals surface area contributed by atoms with Crippen LogP contribution in [0.4, 0.5) is 18.9 Å². The smallest absolute Gasteiger partial charge is 0.416 e. The van der Waals surface area contributed by atoms with Gasteiger partial charge in [0.25, 0.3) is 0 Å². The van der Waals surface area contributed by atoms with Gasteiger partial charge in [-0.1, -0.05) is 31.5 Å². The SMILES string of the molecule is CCCCNC(=O)C(C)N(Cc1cccc(OC)c1)C(=O)CCCN(c1cccc(C(F)(F)F)c1)S(C)(=O)=O. The van der Waals surface area contributed by atoms with E-state index in [0.717, 1.165) is 47.2 Å². The molecule has 1 atom stereocenters. The molecule has 216 valence electrons. The van der Waals surface area contributed by atoms with Crippen LogP contribution in [0.5, 0.6) is 5.75 Å². The molecule has 8 nitrogen and oxygen atoms in total. The highest BCUT2D eigenvalue weighted by Gasteiger charge is 2.32.